The summed E-state index contributed by atoms with van der Waals surface area (Å²) in [6, 6.07) is 0. The molecule has 0 amide bonds. The van der Waals surface area contributed by atoms with Crippen molar-refractivity contribution in [3.8, 4) is 0 Å². The molecular weight excluding hydrogens is 192 g/mol. The summed E-state index contributed by atoms with van der Waals surface area (Å²) >= 11 is 0. The van der Waals surface area contributed by atoms with Crippen LogP contribution in [-0.2, 0) is 8.85 Å². The first kappa shape index (κ1) is 14.1. The normalized spacial score (nSPS) is 14.4. The molecule has 0 aromatic carbocycles. The first-order chi connectivity index (χ1) is 6.52. The smallest absolute Gasteiger partial charge is 0.331 e. The number of unbranched alkanes of at least 4 members (excludes halogenated alkanes) is 1. The molecule has 0 spiro atoms. The van der Waals surface area contributed by atoms with E-state index in [4.69, 9.17) is 8.85 Å². The van der Waals surface area contributed by atoms with Crippen LogP contribution in [0.3, 0.4) is 0 Å². The van der Waals surface area contributed by atoms with Gasteiger partial charge in [0.05, 0.1) is 0 Å². The Balaban J connectivity index is 3.69. The summed E-state index contributed by atoms with van der Waals surface area (Å²) in [4.78, 5) is 0. The maximum Gasteiger partial charge on any atom is 0.331 e. The third-order valence-corrected chi connectivity index (χ3v) is 4.00. The Morgan fingerprint density at radius 2 is 1.79 bits per heavy atom. The van der Waals surface area contributed by atoms with E-state index in [0.717, 1.165) is 19.4 Å². The third-order valence-electron chi connectivity index (χ3n) is 2.13. The van der Waals surface area contributed by atoms with Gasteiger partial charge in [-0.15, -0.1) is 0 Å². The fourth-order valence-corrected chi connectivity index (χ4v) is 3.24. The van der Waals surface area contributed by atoms with E-state index in [1.54, 1.807) is 0 Å². The van der Waals surface area contributed by atoms with Gasteiger partial charge in [-0.3, -0.25) is 0 Å². The van der Waals surface area contributed by atoms with Crippen molar-refractivity contribution in [2.75, 3.05) is 6.61 Å². The topological polar surface area (TPSA) is 18.5 Å². The molecule has 0 aromatic rings. The molecule has 0 aliphatic heterocycles. The lowest BCUT2D eigenvalue weighted by atomic mass is 10.2. The van der Waals surface area contributed by atoms with Gasteiger partial charge in [-0.1, -0.05) is 26.7 Å². The molecule has 1 unspecified atom stereocenters. The molecule has 0 fully saturated rings. The molecule has 0 aromatic heterocycles. The summed E-state index contributed by atoms with van der Waals surface area (Å²) in [6.45, 7) is 11.6. The van der Waals surface area contributed by atoms with Crippen molar-refractivity contribution in [3.63, 3.8) is 0 Å². The average Bonchev–Trinajstić information content (AvgIpc) is 2.03. The Labute approximate surface area is 90.2 Å². The Kier molecular flexibility index (Phi) is 7.50. The second kappa shape index (κ2) is 7.43. The van der Waals surface area contributed by atoms with Crippen molar-refractivity contribution in [1.29, 1.82) is 0 Å². The highest BCUT2D eigenvalue weighted by atomic mass is 28.4. The molecule has 1 atom stereocenters. The zero-order valence-electron chi connectivity index (χ0n) is 10.4. The van der Waals surface area contributed by atoms with Crippen molar-refractivity contribution < 1.29 is 8.85 Å². The van der Waals surface area contributed by atoms with Crippen molar-refractivity contribution in [2.45, 2.75) is 65.7 Å². The predicted octanol–water partition coefficient (Wildman–Crippen LogP) is 3.71. The molecule has 0 saturated carbocycles. The van der Waals surface area contributed by atoms with Crippen LogP contribution in [0.2, 0.25) is 13.1 Å². The second-order valence-electron chi connectivity index (χ2n) is 4.32. The van der Waals surface area contributed by atoms with E-state index in [1.807, 2.05) is 0 Å². The zero-order chi connectivity index (χ0) is 11.0. The highest BCUT2D eigenvalue weighted by molar-refractivity contribution is 6.64. The molecular formula is C11H26O2Si. The molecule has 0 heterocycles. The molecule has 2 nitrogen and oxygen atoms in total. The second-order valence-corrected chi connectivity index (χ2v) is 7.64. The first-order valence-corrected chi connectivity index (χ1v) is 8.65. The van der Waals surface area contributed by atoms with Crippen LogP contribution in [0.1, 0.15) is 46.5 Å². The predicted molar refractivity (Wildman–Crippen MR) is 63.8 cm³/mol. The molecule has 14 heavy (non-hydrogen) atoms. The van der Waals surface area contributed by atoms with Crippen molar-refractivity contribution in [1.82, 2.24) is 0 Å². The van der Waals surface area contributed by atoms with Crippen LogP contribution in [0.4, 0.5) is 0 Å². The summed E-state index contributed by atoms with van der Waals surface area (Å²) in [5, 5.41) is 0. The molecule has 0 N–H and O–H groups in total. The highest BCUT2D eigenvalue weighted by Gasteiger charge is 2.26. The van der Waals surface area contributed by atoms with E-state index in [1.165, 1.54) is 12.8 Å². The van der Waals surface area contributed by atoms with Crippen LogP contribution in [0.25, 0.3) is 0 Å². The van der Waals surface area contributed by atoms with Crippen LogP contribution in [0.15, 0.2) is 0 Å². The van der Waals surface area contributed by atoms with Gasteiger partial charge < -0.3 is 8.85 Å². The number of hydrogen-bond acceptors (Lipinski definition) is 2. The Bertz CT molecular complexity index is 137. The fourth-order valence-electron chi connectivity index (χ4n) is 1.45. The van der Waals surface area contributed by atoms with Crippen molar-refractivity contribution in [3.05, 3.63) is 0 Å². The van der Waals surface area contributed by atoms with Crippen molar-refractivity contribution >= 4 is 8.56 Å². The van der Waals surface area contributed by atoms with Gasteiger partial charge in [0, 0.05) is 12.7 Å². The van der Waals surface area contributed by atoms with Crippen LogP contribution >= 0.6 is 0 Å². The summed E-state index contributed by atoms with van der Waals surface area (Å²) < 4.78 is 11.7. The first-order valence-electron chi connectivity index (χ1n) is 5.83. The molecule has 0 saturated heterocycles. The quantitative estimate of drug-likeness (QED) is 0.457. The number of hydrogen-bond donors (Lipinski definition) is 0. The zero-order valence-corrected chi connectivity index (χ0v) is 11.4. The summed E-state index contributed by atoms with van der Waals surface area (Å²) in [6.07, 6.45) is 4.99. The van der Waals surface area contributed by atoms with E-state index in [9.17, 15) is 0 Å². The summed E-state index contributed by atoms with van der Waals surface area (Å²) in [7, 11) is -1.84. The minimum Gasteiger partial charge on any atom is -0.395 e. The van der Waals surface area contributed by atoms with Gasteiger partial charge in [-0.2, -0.15) is 0 Å². The highest BCUT2D eigenvalue weighted by Crippen LogP contribution is 2.13. The van der Waals surface area contributed by atoms with Crippen LogP contribution in [-0.4, -0.2) is 21.3 Å². The van der Waals surface area contributed by atoms with Gasteiger partial charge in [0.2, 0.25) is 0 Å². The summed E-state index contributed by atoms with van der Waals surface area (Å²) in [5.41, 5.74) is 0. The van der Waals surface area contributed by atoms with E-state index in [-0.39, 0.29) is 0 Å². The third kappa shape index (κ3) is 7.53. The molecule has 0 radical (unpaired) electrons. The standard InChI is InChI=1S/C11H26O2Si/c1-6-8-10-12-14(4,5)13-11(3)9-7-2/h11H,6-10H2,1-5H3. The SMILES string of the molecule is CCCCO[Si](C)(C)OC(C)CCC. The van der Waals surface area contributed by atoms with E-state index in [2.05, 4.69) is 33.9 Å². The molecule has 86 valence electrons. The largest absolute Gasteiger partial charge is 0.395 e. The fraction of sp³-hybridized carbons (Fsp3) is 1.00. The van der Waals surface area contributed by atoms with E-state index >= 15 is 0 Å². The van der Waals surface area contributed by atoms with E-state index in [0.29, 0.717) is 6.10 Å². The molecule has 3 heteroatoms. The minimum atomic E-state index is -1.84. The number of rotatable bonds is 8. The van der Waals surface area contributed by atoms with Gasteiger partial charge in [0.1, 0.15) is 0 Å². The molecule has 0 aliphatic carbocycles. The lowest BCUT2D eigenvalue weighted by molar-refractivity contribution is 0.124. The Hall–Kier alpha value is 0.137. The monoisotopic (exact) mass is 218 g/mol. The summed E-state index contributed by atoms with van der Waals surface area (Å²) in [5.74, 6) is 0. The minimum absolute atomic E-state index is 0.350. The molecule has 0 bridgehead atoms. The van der Waals surface area contributed by atoms with Gasteiger partial charge >= 0.3 is 8.56 Å². The Morgan fingerprint density at radius 1 is 1.14 bits per heavy atom. The van der Waals surface area contributed by atoms with Gasteiger partial charge in [-0.25, -0.2) is 0 Å². The van der Waals surface area contributed by atoms with Crippen molar-refractivity contribution in [2.24, 2.45) is 0 Å². The van der Waals surface area contributed by atoms with Gasteiger partial charge in [0.15, 0.2) is 0 Å². The maximum atomic E-state index is 5.94. The van der Waals surface area contributed by atoms with Gasteiger partial charge in [-0.05, 0) is 32.9 Å². The van der Waals surface area contributed by atoms with Crippen LogP contribution in [0.5, 0.6) is 0 Å². The van der Waals surface area contributed by atoms with Gasteiger partial charge in [0.25, 0.3) is 0 Å². The maximum absolute atomic E-state index is 5.94. The lowest BCUT2D eigenvalue weighted by Crippen LogP contribution is -2.38. The van der Waals surface area contributed by atoms with E-state index < -0.39 is 8.56 Å². The average molecular weight is 218 g/mol. The molecule has 0 aliphatic rings. The lowest BCUT2D eigenvalue weighted by Gasteiger charge is -2.26. The van der Waals surface area contributed by atoms with Crippen LogP contribution < -0.4 is 0 Å². The van der Waals surface area contributed by atoms with Crippen LogP contribution in [0, 0.1) is 0 Å². The molecule has 0 rings (SSSR count). The Morgan fingerprint density at radius 3 is 2.29 bits per heavy atom.